The van der Waals surface area contributed by atoms with Crippen molar-refractivity contribution in [2.75, 3.05) is 54.5 Å². The fourth-order valence-electron chi connectivity index (χ4n) is 2.69. The first-order valence-electron chi connectivity index (χ1n) is 9.94. The normalized spacial score (nSPS) is 10.8. The van der Waals surface area contributed by atoms with Crippen molar-refractivity contribution in [3.05, 3.63) is 54.4 Å². The summed E-state index contributed by atoms with van der Waals surface area (Å²) in [5, 5.41) is 19.8. The maximum absolute atomic E-state index is 11.6. The number of carboxylic acid groups (broad SMARTS) is 1. The minimum absolute atomic E-state index is 0.0647. The SMILES string of the molecule is CN(C)CCO.CN(C)CCOc1ncc(-c2ccc3ccccc3c2)c(C(=O)O)n1. The number of hydrogen-bond acceptors (Lipinski definition) is 7. The highest BCUT2D eigenvalue weighted by Gasteiger charge is 2.16. The minimum Gasteiger partial charge on any atom is -0.476 e. The Kier molecular flexibility index (Phi) is 9.33. The molecule has 0 fully saturated rings. The van der Waals surface area contributed by atoms with Gasteiger partial charge in [0.15, 0.2) is 5.69 Å². The summed E-state index contributed by atoms with van der Waals surface area (Å²) >= 11 is 0. The maximum atomic E-state index is 11.6. The molecule has 1 heterocycles. The summed E-state index contributed by atoms with van der Waals surface area (Å²) in [6.07, 6.45) is 1.51. The molecule has 0 bridgehead atoms. The van der Waals surface area contributed by atoms with Crippen LogP contribution in [0, 0.1) is 0 Å². The predicted molar refractivity (Wildman–Crippen MR) is 122 cm³/mol. The molecule has 8 heteroatoms. The van der Waals surface area contributed by atoms with Gasteiger partial charge in [-0.25, -0.2) is 9.78 Å². The van der Waals surface area contributed by atoms with Crippen molar-refractivity contribution in [3.63, 3.8) is 0 Å². The van der Waals surface area contributed by atoms with Gasteiger partial charge in [-0.15, -0.1) is 0 Å². The Labute approximate surface area is 182 Å². The van der Waals surface area contributed by atoms with Crippen LogP contribution in [0.25, 0.3) is 21.9 Å². The first-order chi connectivity index (χ1) is 14.8. The van der Waals surface area contributed by atoms with Crippen LogP contribution in [0.5, 0.6) is 6.01 Å². The summed E-state index contributed by atoms with van der Waals surface area (Å²) in [6.45, 7) is 2.10. The van der Waals surface area contributed by atoms with Gasteiger partial charge >= 0.3 is 12.0 Å². The molecule has 8 nitrogen and oxygen atoms in total. The Morgan fingerprint density at radius 1 is 1.00 bits per heavy atom. The lowest BCUT2D eigenvalue weighted by Gasteiger charge is -2.11. The molecule has 3 rings (SSSR count). The van der Waals surface area contributed by atoms with Crippen LogP contribution in [-0.4, -0.2) is 90.4 Å². The molecule has 0 aliphatic heterocycles. The first kappa shape index (κ1) is 24.2. The second-order valence-electron chi connectivity index (χ2n) is 7.46. The fraction of sp³-hybridized carbons (Fsp3) is 0.348. The first-order valence-corrected chi connectivity index (χ1v) is 9.94. The van der Waals surface area contributed by atoms with Gasteiger partial charge in [0, 0.05) is 24.8 Å². The van der Waals surface area contributed by atoms with Gasteiger partial charge in [-0.3, -0.25) is 0 Å². The van der Waals surface area contributed by atoms with E-state index in [1.165, 1.54) is 6.20 Å². The molecule has 31 heavy (non-hydrogen) atoms. The molecule has 0 aliphatic carbocycles. The Balaban J connectivity index is 0.000000501. The second kappa shape index (κ2) is 11.9. The molecule has 0 spiro atoms. The van der Waals surface area contributed by atoms with Crippen LogP contribution in [0.2, 0.25) is 0 Å². The quantitative estimate of drug-likeness (QED) is 0.567. The molecule has 2 aromatic carbocycles. The van der Waals surface area contributed by atoms with E-state index in [1.807, 2.05) is 80.5 Å². The van der Waals surface area contributed by atoms with E-state index in [9.17, 15) is 9.90 Å². The lowest BCUT2D eigenvalue weighted by atomic mass is 10.0. The van der Waals surface area contributed by atoms with Gasteiger partial charge in [-0.1, -0.05) is 36.4 Å². The van der Waals surface area contributed by atoms with Gasteiger partial charge in [0.05, 0.1) is 6.61 Å². The number of ether oxygens (including phenoxy) is 1. The van der Waals surface area contributed by atoms with Crippen molar-refractivity contribution in [2.24, 2.45) is 0 Å². The zero-order valence-corrected chi connectivity index (χ0v) is 18.4. The zero-order chi connectivity index (χ0) is 22.8. The molecule has 0 atom stereocenters. The number of rotatable bonds is 8. The third kappa shape index (κ3) is 7.60. The van der Waals surface area contributed by atoms with Gasteiger partial charge < -0.3 is 24.7 Å². The van der Waals surface area contributed by atoms with E-state index in [4.69, 9.17) is 9.84 Å². The highest BCUT2D eigenvalue weighted by molar-refractivity contribution is 5.96. The molecular formula is C23H30N4O4. The molecule has 0 radical (unpaired) electrons. The summed E-state index contributed by atoms with van der Waals surface area (Å²) in [5.74, 6) is -1.11. The molecule has 0 aliphatic rings. The van der Waals surface area contributed by atoms with Crippen molar-refractivity contribution >= 4 is 16.7 Å². The fourth-order valence-corrected chi connectivity index (χ4v) is 2.69. The number of hydrogen-bond donors (Lipinski definition) is 2. The van der Waals surface area contributed by atoms with Crippen LogP contribution in [0.4, 0.5) is 0 Å². The van der Waals surface area contributed by atoms with Crippen LogP contribution >= 0.6 is 0 Å². The van der Waals surface area contributed by atoms with Crippen LogP contribution in [0.15, 0.2) is 48.7 Å². The average molecular weight is 427 g/mol. The van der Waals surface area contributed by atoms with Crippen molar-refractivity contribution < 1.29 is 19.7 Å². The van der Waals surface area contributed by atoms with E-state index in [0.29, 0.717) is 18.7 Å². The van der Waals surface area contributed by atoms with E-state index < -0.39 is 5.97 Å². The minimum atomic E-state index is -1.11. The monoisotopic (exact) mass is 426 g/mol. The van der Waals surface area contributed by atoms with Gasteiger partial charge in [0.1, 0.15) is 6.61 Å². The molecular weight excluding hydrogens is 396 g/mol. The number of aromatic carboxylic acids is 1. The predicted octanol–water partition coefficient (Wildman–Crippen LogP) is 2.48. The van der Waals surface area contributed by atoms with E-state index >= 15 is 0 Å². The Hall–Kier alpha value is -3.07. The van der Waals surface area contributed by atoms with Crippen molar-refractivity contribution in [1.82, 2.24) is 19.8 Å². The van der Waals surface area contributed by atoms with Crippen molar-refractivity contribution in [1.29, 1.82) is 0 Å². The number of nitrogens with zero attached hydrogens (tertiary/aromatic N) is 4. The van der Waals surface area contributed by atoms with Crippen LogP contribution < -0.4 is 4.74 Å². The average Bonchev–Trinajstić information content (AvgIpc) is 2.73. The Bertz CT molecular complexity index is 992. The highest BCUT2D eigenvalue weighted by atomic mass is 16.5. The standard InChI is InChI=1S/C19H19N3O3.C4H11NO/c1-22(2)9-10-25-19-20-12-16(17(21-19)18(23)24)15-8-7-13-5-3-4-6-14(13)11-15;1-5(2)3-4-6/h3-8,11-12H,9-10H2,1-2H3,(H,23,24);6H,3-4H2,1-2H3. The van der Waals surface area contributed by atoms with E-state index in [-0.39, 0.29) is 18.3 Å². The number of carbonyl (C=O) groups is 1. The number of fused-ring (bicyclic) bond motifs is 1. The van der Waals surface area contributed by atoms with Gasteiger partial charge in [-0.2, -0.15) is 4.98 Å². The molecule has 0 amide bonds. The maximum Gasteiger partial charge on any atom is 0.355 e. The van der Waals surface area contributed by atoms with E-state index in [0.717, 1.165) is 22.9 Å². The summed E-state index contributed by atoms with van der Waals surface area (Å²) in [7, 11) is 7.71. The van der Waals surface area contributed by atoms with Crippen molar-refractivity contribution in [2.45, 2.75) is 0 Å². The van der Waals surface area contributed by atoms with Crippen LogP contribution in [0.1, 0.15) is 10.5 Å². The zero-order valence-electron chi connectivity index (χ0n) is 18.4. The van der Waals surface area contributed by atoms with Gasteiger partial charge in [-0.05, 0) is 50.6 Å². The topological polar surface area (TPSA) is 99.0 Å². The Morgan fingerprint density at radius 2 is 1.68 bits per heavy atom. The second-order valence-corrected chi connectivity index (χ2v) is 7.46. The summed E-state index contributed by atoms with van der Waals surface area (Å²) in [6, 6.07) is 13.7. The number of carboxylic acids is 1. The van der Waals surface area contributed by atoms with Crippen LogP contribution in [-0.2, 0) is 0 Å². The highest BCUT2D eigenvalue weighted by Crippen LogP contribution is 2.27. The summed E-state index contributed by atoms with van der Waals surface area (Å²) in [4.78, 5) is 23.8. The molecule has 166 valence electrons. The number of aromatic nitrogens is 2. The lowest BCUT2D eigenvalue weighted by molar-refractivity contribution is 0.0689. The third-order valence-corrected chi connectivity index (χ3v) is 4.35. The molecule has 0 saturated heterocycles. The van der Waals surface area contributed by atoms with Gasteiger partial charge in [0.25, 0.3) is 0 Å². The van der Waals surface area contributed by atoms with Crippen molar-refractivity contribution in [3.8, 4) is 17.1 Å². The largest absolute Gasteiger partial charge is 0.476 e. The number of aliphatic hydroxyl groups excluding tert-OH is 1. The number of likely N-dealkylation sites (N-methyl/N-ethyl adjacent to an activating group) is 2. The summed E-state index contributed by atoms with van der Waals surface area (Å²) in [5.41, 5.74) is 1.17. The molecule has 0 unspecified atom stereocenters. The number of benzene rings is 2. The molecule has 2 N–H and O–H groups in total. The molecule has 0 saturated carbocycles. The van der Waals surface area contributed by atoms with Gasteiger partial charge in [0.2, 0.25) is 0 Å². The molecule has 3 aromatic rings. The Morgan fingerprint density at radius 3 is 2.26 bits per heavy atom. The molecule has 1 aromatic heterocycles. The number of aliphatic hydroxyl groups is 1. The lowest BCUT2D eigenvalue weighted by Crippen LogP contribution is -2.20. The van der Waals surface area contributed by atoms with E-state index in [1.54, 1.807) is 0 Å². The van der Waals surface area contributed by atoms with Crippen LogP contribution in [0.3, 0.4) is 0 Å². The smallest absolute Gasteiger partial charge is 0.355 e. The van der Waals surface area contributed by atoms with E-state index in [2.05, 4.69) is 9.97 Å². The third-order valence-electron chi connectivity index (χ3n) is 4.35. The summed E-state index contributed by atoms with van der Waals surface area (Å²) < 4.78 is 5.44.